The van der Waals surface area contributed by atoms with Crippen molar-refractivity contribution in [2.75, 3.05) is 6.61 Å². The molecule has 0 amide bonds. The van der Waals surface area contributed by atoms with Crippen molar-refractivity contribution in [3.63, 3.8) is 0 Å². The number of aryl methyl sites for hydroxylation is 3. The van der Waals surface area contributed by atoms with Gasteiger partial charge in [-0.2, -0.15) is 0 Å². The Balaban J connectivity index is 2.86. The minimum absolute atomic E-state index is 0.103. The Morgan fingerprint density at radius 1 is 1.35 bits per heavy atom. The summed E-state index contributed by atoms with van der Waals surface area (Å²) in [6.45, 7) is 7.45. The third-order valence-corrected chi connectivity index (χ3v) is 3.51. The van der Waals surface area contributed by atoms with E-state index >= 15 is 0 Å². The van der Waals surface area contributed by atoms with Gasteiger partial charge < -0.3 is 4.74 Å². The molecule has 1 heterocycles. The molecule has 0 aliphatic heterocycles. The Bertz CT molecular complexity index is 760. The molecule has 5 heteroatoms. The van der Waals surface area contributed by atoms with E-state index in [1.807, 2.05) is 0 Å². The van der Waals surface area contributed by atoms with E-state index in [9.17, 15) is 9.59 Å². The lowest BCUT2D eigenvalue weighted by Crippen LogP contribution is -2.22. The second-order valence-corrected chi connectivity index (χ2v) is 4.83. The molecule has 1 aromatic heterocycles. The molecule has 0 bridgehead atoms. The normalized spacial score (nSPS) is 10.8. The summed E-state index contributed by atoms with van der Waals surface area (Å²) in [5.41, 5.74) is 2.39. The molecule has 0 N–H and O–H groups in total. The third-order valence-electron chi connectivity index (χ3n) is 3.51. The first-order valence-electron chi connectivity index (χ1n) is 6.53. The van der Waals surface area contributed by atoms with Gasteiger partial charge in [-0.25, -0.2) is 9.78 Å². The van der Waals surface area contributed by atoms with Gasteiger partial charge in [-0.15, -0.1) is 0 Å². The summed E-state index contributed by atoms with van der Waals surface area (Å²) in [5, 5.41) is 0.529. The maximum atomic E-state index is 12.3. The summed E-state index contributed by atoms with van der Waals surface area (Å²) in [6, 6.07) is 1.71. The van der Waals surface area contributed by atoms with Crippen LogP contribution in [0, 0.1) is 20.8 Å². The molecule has 0 atom stereocenters. The van der Waals surface area contributed by atoms with Crippen LogP contribution >= 0.6 is 0 Å². The minimum atomic E-state index is -0.371. The maximum Gasteiger partial charge on any atom is 0.338 e. The van der Waals surface area contributed by atoms with Crippen LogP contribution < -0.4 is 5.56 Å². The maximum absolute atomic E-state index is 12.3. The van der Waals surface area contributed by atoms with Gasteiger partial charge in [0.1, 0.15) is 5.82 Å². The standard InChI is InChI=1S/C15H18N2O3/c1-6-20-15(19)12-8(2)7-11-13(9(12)3)16-10(4)17(5)14(11)18/h7H,6H2,1-5H3. The third kappa shape index (κ3) is 2.09. The van der Waals surface area contributed by atoms with Gasteiger partial charge in [0.15, 0.2) is 0 Å². The zero-order chi connectivity index (χ0) is 15.0. The van der Waals surface area contributed by atoms with Crippen molar-refractivity contribution in [1.29, 1.82) is 0 Å². The molecular weight excluding hydrogens is 256 g/mol. The van der Waals surface area contributed by atoms with Crippen molar-refractivity contribution >= 4 is 16.9 Å². The van der Waals surface area contributed by atoms with Gasteiger partial charge in [0.25, 0.3) is 5.56 Å². The molecule has 0 radical (unpaired) electrons. The van der Waals surface area contributed by atoms with E-state index in [0.717, 1.165) is 5.56 Å². The smallest absolute Gasteiger partial charge is 0.338 e. The summed E-state index contributed by atoms with van der Waals surface area (Å²) < 4.78 is 6.58. The highest BCUT2D eigenvalue weighted by Gasteiger charge is 2.19. The zero-order valence-corrected chi connectivity index (χ0v) is 12.4. The van der Waals surface area contributed by atoms with Crippen molar-refractivity contribution in [3.05, 3.63) is 38.9 Å². The van der Waals surface area contributed by atoms with Crippen LogP contribution in [0.25, 0.3) is 10.9 Å². The highest BCUT2D eigenvalue weighted by molar-refractivity contribution is 5.98. The van der Waals surface area contributed by atoms with E-state index in [1.54, 1.807) is 40.8 Å². The first kappa shape index (κ1) is 14.2. The highest BCUT2D eigenvalue weighted by atomic mass is 16.5. The lowest BCUT2D eigenvalue weighted by atomic mass is 9.99. The van der Waals surface area contributed by atoms with Crippen molar-refractivity contribution < 1.29 is 9.53 Å². The molecule has 0 fully saturated rings. The molecule has 2 rings (SSSR count). The number of aromatic nitrogens is 2. The van der Waals surface area contributed by atoms with Crippen LogP contribution in [0.15, 0.2) is 10.9 Å². The zero-order valence-electron chi connectivity index (χ0n) is 12.4. The quantitative estimate of drug-likeness (QED) is 0.786. The number of benzene rings is 1. The summed E-state index contributed by atoms with van der Waals surface area (Å²) in [6.07, 6.45) is 0. The number of carbonyl (C=O) groups excluding carboxylic acids is 1. The van der Waals surface area contributed by atoms with Crippen LogP contribution in [-0.4, -0.2) is 22.1 Å². The Kier molecular flexibility index (Phi) is 3.61. The molecule has 5 nitrogen and oxygen atoms in total. The summed E-state index contributed by atoms with van der Waals surface area (Å²) in [5.74, 6) is 0.244. The summed E-state index contributed by atoms with van der Waals surface area (Å²) >= 11 is 0. The lowest BCUT2D eigenvalue weighted by molar-refractivity contribution is 0.0525. The number of fused-ring (bicyclic) bond motifs is 1. The summed E-state index contributed by atoms with van der Waals surface area (Å²) in [7, 11) is 1.69. The molecule has 0 unspecified atom stereocenters. The van der Waals surface area contributed by atoms with E-state index in [1.165, 1.54) is 4.57 Å². The monoisotopic (exact) mass is 274 g/mol. The van der Waals surface area contributed by atoms with Crippen LogP contribution in [0.1, 0.15) is 34.2 Å². The van der Waals surface area contributed by atoms with Gasteiger partial charge in [0, 0.05) is 7.05 Å². The minimum Gasteiger partial charge on any atom is -0.462 e. The molecule has 1 aromatic carbocycles. The van der Waals surface area contributed by atoms with Crippen LogP contribution in [0.5, 0.6) is 0 Å². The SMILES string of the molecule is CCOC(=O)c1c(C)cc2c(=O)n(C)c(C)nc2c1C. The molecule has 0 aliphatic carbocycles. The summed E-state index contributed by atoms with van der Waals surface area (Å²) in [4.78, 5) is 28.7. The number of esters is 1. The first-order chi connectivity index (χ1) is 9.38. The van der Waals surface area contributed by atoms with Crippen molar-refractivity contribution in [3.8, 4) is 0 Å². The predicted molar refractivity (Wildman–Crippen MR) is 77.2 cm³/mol. The Morgan fingerprint density at radius 3 is 2.60 bits per heavy atom. The Morgan fingerprint density at radius 2 is 2.00 bits per heavy atom. The molecule has 0 saturated carbocycles. The van der Waals surface area contributed by atoms with Gasteiger partial charge in [-0.1, -0.05) is 0 Å². The van der Waals surface area contributed by atoms with Gasteiger partial charge >= 0.3 is 5.97 Å². The fourth-order valence-electron chi connectivity index (χ4n) is 2.36. The lowest BCUT2D eigenvalue weighted by Gasteiger charge is -2.13. The Labute approximate surface area is 117 Å². The molecule has 2 aromatic rings. The number of rotatable bonds is 2. The number of nitrogens with zero attached hydrogens (tertiary/aromatic N) is 2. The van der Waals surface area contributed by atoms with Crippen LogP contribution in [0.3, 0.4) is 0 Å². The van der Waals surface area contributed by atoms with Gasteiger partial charge in [-0.3, -0.25) is 9.36 Å². The highest BCUT2D eigenvalue weighted by Crippen LogP contribution is 2.23. The van der Waals surface area contributed by atoms with E-state index in [4.69, 9.17) is 4.74 Å². The van der Waals surface area contributed by atoms with Crippen LogP contribution in [-0.2, 0) is 11.8 Å². The fraction of sp³-hybridized carbons (Fsp3) is 0.400. The van der Waals surface area contributed by atoms with Gasteiger partial charge in [0.05, 0.1) is 23.1 Å². The molecule has 20 heavy (non-hydrogen) atoms. The number of ether oxygens (including phenoxy) is 1. The van der Waals surface area contributed by atoms with Crippen molar-refractivity contribution in [1.82, 2.24) is 9.55 Å². The number of carbonyl (C=O) groups is 1. The van der Waals surface area contributed by atoms with E-state index < -0.39 is 0 Å². The number of hydrogen-bond donors (Lipinski definition) is 0. The molecule has 0 aliphatic rings. The molecule has 0 saturated heterocycles. The average Bonchev–Trinajstić information content (AvgIpc) is 2.38. The second-order valence-electron chi connectivity index (χ2n) is 4.83. The van der Waals surface area contributed by atoms with Crippen molar-refractivity contribution in [2.24, 2.45) is 7.05 Å². The Hall–Kier alpha value is -2.17. The van der Waals surface area contributed by atoms with Crippen LogP contribution in [0.4, 0.5) is 0 Å². The molecule has 106 valence electrons. The fourth-order valence-corrected chi connectivity index (χ4v) is 2.36. The van der Waals surface area contributed by atoms with E-state index in [0.29, 0.717) is 34.5 Å². The van der Waals surface area contributed by atoms with Gasteiger partial charge in [0.2, 0.25) is 0 Å². The van der Waals surface area contributed by atoms with Crippen LogP contribution in [0.2, 0.25) is 0 Å². The first-order valence-corrected chi connectivity index (χ1v) is 6.53. The predicted octanol–water partition coefficient (Wildman–Crippen LogP) is 2.04. The number of hydrogen-bond acceptors (Lipinski definition) is 4. The molecular formula is C15H18N2O3. The second kappa shape index (κ2) is 5.07. The largest absolute Gasteiger partial charge is 0.462 e. The average molecular weight is 274 g/mol. The van der Waals surface area contributed by atoms with Gasteiger partial charge in [-0.05, 0) is 44.9 Å². The van der Waals surface area contributed by atoms with Crippen molar-refractivity contribution in [2.45, 2.75) is 27.7 Å². The van der Waals surface area contributed by atoms with E-state index in [-0.39, 0.29) is 11.5 Å². The topological polar surface area (TPSA) is 61.2 Å². The van der Waals surface area contributed by atoms with E-state index in [2.05, 4.69) is 4.98 Å². The molecule has 0 spiro atoms.